The molecule has 5 aliphatic rings. The number of carbonyl (C=O) groups is 1. The number of nitrogens with one attached hydrogen (secondary N) is 1. The Labute approximate surface area is 184 Å². The molecule has 6 nitrogen and oxygen atoms in total. The van der Waals surface area contributed by atoms with E-state index in [0.717, 1.165) is 17.4 Å². The molecule has 0 aromatic heterocycles. The van der Waals surface area contributed by atoms with E-state index in [1.54, 1.807) is 18.2 Å². The SMILES string of the molecule is Cc1cc(Cl)ccc1N1CCCN(CC(=O)NC2C3CC4CC(C3)CC2C4)S1(=O)=O. The van der Waals surface area contributed by atoms with Crippen LogP contribution in [0.4, 0.5) is 5.69 Å². The summed E-state index contributed by atoms with van der Waals surface area (Å²) in [6.07, 6.45) is 6.96. The molecule has 1 heterocycles. The maximum atomic E-state index is 13.3. The molecule has 6 rings (SSSR count). The summed E-state index contributed by atoms with van der Waals surface area (Å²) in [4.78, 5) is 12.9. The molecule has 4 bridgehead atoms. The molecule has 1 aromatic carbocycles. The topological polar surface area (TPSA) is 69.7 Å². The third kappa shape index (κ3) is 3.63. The van der Waals surface area contributed by atoms with Crippen molar-refractivity contribution in [3.8, 4) is 0 Å². The van der Waals surface area contributed by atoms with Gasteiger partial charge in [-0.15, -0.1) is 0 Å². The summed E-state index contributed by atoms with van der Waals surface area (Å²) in [7, 11) is -3.75. The van der Waals surface area contributed by atoms with Gasteiger partial charge in [-0.05, 0) is 92.9 Å². The van der Waals surface area contributed by atoms with E-state index < -0.39 is 10.2 Å². The smallest absolute Gasteiger partial charge is 0.304 e. The van der Waals surface area contributed by atoms with Crippen LogP contribution in [-0.4, -0.2) is 44.3 Å². The lowest BCUT2D eigenvalue weighted by atomic mass is 9.54. The van der Waals surface area contributed by atoms with E-state index in [1.807, 2.05) is 6.92 Å². The zero-order valence-electron chi connectivity index (χ0n) is 17.4. The highest BCUT2D eigenvalue weighted by Gasteiger charge is 2.48. The Morgan fingerprint density at radius 3 is 2.40 bits per heavy atom. The molecule has 8 heteroatoms. The zero-order valence-corrected chi connectivity index (χ0v) is 19.0. The molecule has 30 heavy (non-hydrogen) atoms. The summed E-state index contributed by atoms with van der Waals surface area (Å²) in [6, 6.07) is 5.45. The minimum absolute atomic E-state index is 0.103. The van der Waals surface area contributed by atoms with Crippen LogP contribution in [-0.2, 0) is 15.0 Å². The van der Waals surface area contributed by atoms with Crippen LogP contribution in [0.3, 0.4) is 0 Å². The first-order chi connectivity index (χ1) is 14.3. The average Bonchev–Trinajstić information content (AvgIpc) is 2.66. The molecule has 1 N–H and O–H groups in total. The molecular formula is C22H30ClN3O3S. The lowest BCUT2D eigenvalue weighted by Gasteiger charge is -2.54. The molecule has 164 valence electrons. The number of hydrogen-bond donors (Lipinski definition) is 1. The second-order valence-electron chi connectivity index (χ2n) is 9.72. The Bertz CT molecular complexity index is 923. The number of carbonyl (C=O) groups excluding carboxylic acids is 1. The second kappa shape index (κ2) is 7.68. The molecule has 4 aliphatic carbocycles. The number of aryl methyl sites for hydroxylation is 1. The van der Waals surface area contributed by atoms with Crippen molar-refractivity contribution in [2.24, 2.45) is 23.7 Å². The predicted molar refractivity (Wildman–Crippen MR) is 118 cm³/mol. The Kier molecular flexibility index (Phi) is 5.27. The molecule has 0 atom stereocenters. The number of nitrogens with zero attached hydrogens (tertiary/aromatic N) is 2. The van der Waals surface area contributed by atoms with Gasteiger partial charge < -0.3 is 5.32 Å². The number of rotatable bonds is 4. The van der Waals surface area contributed by atoms with Crippen LogP contribution in [0.25, 0.3) is 0 Å². The Morgan fingerprint density at radius 1 is 1.10 bits per heavy atom. The number of halogens is 1. The molecule has 1 aliphatic heterocycles. The summed E-state index contributed by atoms with van der Waals surface area (Å²) >= 11 is 6.04. The summed E-state index contributed by atoms with van der Waals surface area (Å²) in [6.45, 7) is 2.54. The standard InChI is InChI=1S/C22H30ClN3O3S/c1-14-7-19(23)3-4-20(14)26-6-2-5-25(30(26,28)29)13-21(27)24-22-17-9-15-8-16(11-17)12-18(22)10-15/h3-4,7,15-18,22H,2,5-6,8-13H2,1H3,(H,24,27). The molecule has 0 radical (unpaired) electrons. The van der Waals surface area contributed by atoms with Gasteiger partial charge in [-0.1, -0.05) is 11.6 Å². The lowest BCUT2D eigenvalue weighted by Crippen LogP contribution is -2.58. The van der Waals surface area contributed by atoms with E-state index in [4.69, 9.17) is 11.6 Å². The van der Waals surface area contributed by atoms with Crippen LogP contribution in [0.15, 0.2) is 18.2 Å². The van der Waals surface area contributed by atoms with Crippen molar-refractivity contribution in [1.29, 1.82) is 0 Å². The summed E-state index contributed by atoms with van der Waals surface area (Å²) in [5.74, 6) is 2.69. The molecular weight excluding hydrogens is 422 g/mol. The summed E-state index contributed by atoms with van der Waals surface area (Å²) < 4.78 is 29.3. The Balaban J connectivity index is 1.28. The fourth-order valence-corrected chi connectivity index (χ4v) is 8.58. The van der Waals surface area contributed by atoms with Crippen molar-refractivity contribution in [2.45, 2.75) is 51.5 Å². The monoisotopic (exact) mass is 451 g/mol. The van der Waals surface area contributed by atoms with Crippen molar-refractivity contribution in [2.75, 3.05) is 23.9 Å². The predicted octanol–water partition coefficient (Wildman–Crippen LogP) is 3.35. The van der Waals surface area contributed by atoms with Crippen molar-refractivity contribution in [1.82, 2.24) is 9.62 Å². The molecule has 1 saturated heterocycles. The number of amides is 1. The van der Waals surface area contributed by atoms with Crippen LogP contribution < -0.4 is 9.62 Å². The van der Waals surface area contributed by atoms with Crippen LogP contribution in [0.2, 0.25) is 5.02 Å². The van der Waals surface area contributed by atoms with Gasteiger partial charge in [0.1, 0.15) is 0 Å². The van der Waals surface area contributed by atoms with Gasteiger partial charge in [-0.3, -0.25) is 9.10 Å². The number of anilines is 1. The first-order valence-electron chi connectivity index (χ1n) is 11.1. The second-order valence-corrected chi connectivity index (χ2v) is 12.0. The number of hydrogen-bond acceptors (Lipinski definition) is 3. The van der Waals surface area contributed by atoms with Gasteiger partial charge >= 0.3 is 10.2 Å². The quantitative estimate of drug-likeness (QED) is 0.763. The van der Waals surface area contributed by atoms with Gasteiger partial charge in [0, 0.05) is 24.2 Å². The van der Waals surface area contributed by atoms with E-state index in [2.05, 4.69) is 5.32 Å². The molecule has 1 amide bonds. The van der Waals surface area contributed by atoms with Crippen LogP contribution in [0.5, 0.6) is 0 Å². The Morgan fingerprint density at radius 2 is 1.77 bits per heavy atom. The van der Waals surface area contributed by atoms with Crippen molar-refractivity contribution >= 4 is 33.4 Å². The molecule has 4 saturated carbocycles. The average molecular weight is 452 g/mol. The summed E-state index contributed by atoms with van der Waals surface area (Å²) in [5, 5.41) is 3.82. The molecule has 5 fully saturated rings. The maximum absolute atomic E-state index is 13.3. The number of benzene rings is 1. The molecule has 0 unspecified atom stereocenters. The van der Waals surface area contributed by atoms with E-state index in [0.29, 0.717) is 42.1 Å². The van der Waals surface area contributed by atoms with Crippen LogP contribution in [0.1, 0.15) is 44.1 Å². The first kappa shape index (κ1) is 20.6. The minimum Gasteiger partial charge on any atom is -0.352 e. The van der Waals surface area contributed by atoms with Gasteiger partial charge in [-0.2, -0.15) is 12.7 Å². The lowest BCUT2D eigenvalue weighted by molar-refractivity contribution is -0.125. The van der Waals surface area contributed by atoms with Crippen molar-refractivity contribution in [3.63, 3.8) is 0 Å². The molecule has 0 spiro atoms. The van der Waals surface area contributed by atoms with Crippen LogP contribution >= 0.6 is 11.6 Å². The van der Waals surface area contributed by atoms with Gasteiger partial charge in [0.15, 0.2) is 0 Å². The van der Waals surface area contributed by atoms with E-state index in [1.165, 1.54) is 40.7 Å². The van der Waals surface area contributed by atoms with Gasteiger partial charge in [-0.25, -0.2) is 0 Å². The largest absolute Gasteiger partial charge is 0.352 e. The van der Waals surface area contributed by atoms with E-state index in [-0.39, 0.29) is 18.5 Å². The maximum Gasteiger partial charge on any atom is 0.304 e. The highest BCUT2D eigenvalue weighted by atomic mass is 35.5. The highest BCUT2D eigenvalue weighted by molar-refractivity contribution is 7.90. The minimum atomic E-state index is -3.75. The highest BCUT2D eigenvalue weighted by Crippen LogP contribution is 2.53. The van der Waals surface area contributed by atoms with Crippen molar-refractivity contribution in [3.05, 3.63) is 28.8 Å². The van der Waals surface area contributed by atoms with Gasteiger partial charge in [0.25, 0.3) is 0 Å². The third-order valence-corrected chi connectivity index (χ3v) is 9.81. The molecule has 1 aromatic rings. The Hall–Kier alpha value is -1.31. The fraction of sp³-hybridized carbons (Fsp3) is 0.682. The normalized spacial score (nSPS) is 34.9. The third-order valence-electron chi connectivity index (χ3n) is 7.68. The van der Waals surface area contributed by atoms with Gasteiger partial charge in [0.05, 0.1) is 12.2 Å². The first-order valence-corrected chi connectivity index (χ1v) is 12.9. The van der Waals surface area contributed by atoms with Gasteiger partial charge in [0.2, 0.25) is 5.91 Å². The fourth-order valence-electron chi connectivity index (χ4n) is 6.62. The van der Waals surface area contributed by atoms with Crippen LogP contribution in [0, 0.1) is 30.6 Å². The summed E-state index contributed by atoms with van der Waals surface area (Å²) in [5.41, 5.74) is 1.44. The van der Waals surface area contributed by atoms with E-state index >= 15 is 0 Å². The van der Waals surface area contributed by atoms with Crippen molar-refractivity contribution < 1.29 is 13.2 Å². The van der Waals surface area contributed by atoms with E-state index in [9.17, 15) is 13.2 Å². The zero-order chi connectivity index (χ0) is 21.0.